The van der Waals surface area contributed by atoms with Gasteiger partial charge in [0.1, 0.15) is 28.9 Å². The van der Waals surface area contributed by atoms with Crippen LogP contribution >= 0.6 is 0 Å². The van der Waals surface area contributed by atoms with Crippen LogP contribution in [0, 0.1) is 82.9 Å². The molecule has 688 valence electrons. The fraction of sp³-hybridized carbons (Fsp3) is 0.786. The van der Waals surface area contributed by atoms with Crippen molar-refractivity contribution in [3.63, 3.8) is 0 Å². The summed E-state index contributed by atoms with van der Waals surface area (Å²) in [6.07, 6.45) is 6.65. The number of carbonyl (C=O) groups is 13. The molecule has 1 rings (SSSR count). The maximum atomic E-state index is 12.9. The number of hydrogen-bond acceptors (Lipinski definition) is 19. The van der Waals surface area contributed by atoms with Crippen molar-refractivity contribution in [2.24, 2.45) is 82.9 Å². The van der Waals surface area contributed by atoms with Crippen molar-refractivity contribution in [2.45, 2.75) is 362 Å². The third-order valence-electron chi connectivity index (χ3n) is 20.2. The number of rotatable bonds is 57. The first-order chi connectivity index (χ1) is 54.7. The van der Waals surface area contributed by atoms with Crippen molar-refractivity contribution in [1.82, 2.24) is 41.3 Å². The monoisotopic (exact) mass is 1680 g/mol. The second-order valence-corrected chi connectivity index (χ2v) is 38.5. The Kier molecular flexibility index (Phi) is 64.1. The summed E-state index contributed by atoms with van der Waals surface area (Å²) in [5.74, 6) is 0.496. The molecule has 2 amide bonds. The first-order valence-corrected chi connectivity index (χ1v) is 45.5. The fourth-order valence-corrected chi connectivity index (χ4v) is 12.1. The standard InChI is InChI=1S/C22H40N2O4.C22H42N2O3.C21H38N2O4.C19H28O.C14H30N2O/c1-13(2)19(25)11-9-18(22(28)15(5)6)24-20(26)12-10-17(23-16(7)8)21(27)14(3)4;1-15(2)20(25)13-24(14-21(26)16(3)4)19(22(27)17(5)6)11-9-10-12-23-18(7)8;1-14(2)18(24)11-22(12-19(25)15(3)4)9-10-23(21(27)17(7)8)13-20(26)16(5)6;1-12(2)8-16-9-17(15(7)13(3)4)11-18(10-16)19(20)14(5)6;1-10(2)14(17)13(16-12(5)6)8-7-9-15-11(3)4/h13-18,23H,9-12H2,1-8H3,(H,24,26);15-19,23H,9-14H2,1-8H3;14-17H,9-13H2,1-8H3;9-14H,7-8H2,1-6H3;10-13,15-16H,7-9H2,1-6H3/t;;;;13-/m....0/s1. The van der Waals surface area contributed by atoms with Crippen LogP contribution in [0.2, 0.25) is 0 Å². The Morgan fingerprint density at radius 2 is 0.714 bits per heavy atom. The minimum Gasteiger partial charge on any atom is -0.346 e. The third kappa shape index (κ3) is 55.7. The molecule has 0 aliphatic carbocycles. The van der Waals surface area contributed by atoms with Crippen molar-refractivity contribution >= 4 is 81.0 Å². The summed E-state index contributed by atoms with van der Waals surface area (Å²) in [6, 6.07) is 6.33. The molecule has 3 unspecified atom stereocenters. The molecular formula is C98H178N8O13. The van der Waals surface area contributed by atoms with Crippen molar-refractivity contribution in [2.75, 3.05) is 58.9 Å². The van der Waals surface area contributed by atoms with E-state index in [1.165, 1.54) is 5.56 Å². The molecule has 21 heteroatoms. The molecule has 0 aromatic heterocycles. The topological polar surface area (TPSA) is 292 Å². The number of ketones is 11. The summed E-state index contributed by atoms with van der Waals surface area (Å²) in [6.45, 7) is 77.4. The summed E-state index contributed by atoms with van der Waals surface area (Å²) < 4.78 is 0. The highest BCUT2D eigenvalue weighted by molar-refractivity contribution is 5.98. The lowest BCUT2D eigenvalue weighted by Crippen LogP contribution is -2.49. The molecule has 1 aromatic rings. The summed E-state index contributed by atoms with van der Waals surface area (Å²) in [5, 5.41) is 16.2. The quantitative estimate of drug-likeness (QED) is 0.0299. The van der Waals surface area contributed by atoms with E-state index in [0.29, 0.717) is 68.1 Å². The molecule has 0 aliphatic heterocycles. The lowest BCUT2D eigenvalue weighted by atomic mass is 9.89. The average Bonchev–Trinajstić information content (AvgIpc) is 0.881. The second-order valence-electron chi connectivity index (χ2n) is 38.5. The fourth-order valence-electron chi connectivity index (χ4n) is 12.1. The predicted molar refractivity (Wildman–Crippen MR) is 494 cm³/mol. The molecular weight excluding hydrogens is 1500 g/mol. The molecule has 0 saturated heterocycles. The van der Waals surface area contributed by atoms with Gasteiger partial charge in [-0.05, 0) is 98.7 Å². The van der Waals surface area contributed by atoms with Crippen molar-refractivity contribution in [1.29, 1.82) is 0 Å². The number of hydrogen-bond donors (Lipinski definition) is 5. The Balaban J connectivity index is -0.000000702. The van der Waals surface area contributed by atoms with Crippen LogP contribution in [0.1, 0.15) is 329 Å². The molecule has 4 atom stereocenters. The number of nitrogens with one attached hydrogen (secondary N) is 5. The van der Waals surface area contributed by atoms with Crippen LogP contribution in [0.4, 0.5) is 0 Å². The Bertz CT molecular complexity index is 3110. The highest BCUT2D eigenvalue weighted by atomic mass is 16.2. The van der Waals surface area contributed by atoms with Crippen LogP contribution in [-0.2, 0) is 64.0 Å². The summed E-state index contributed by atoms with van der Waals surface area (Å²) >= 11 is 0. The van der Waals surface area contributed by atoms with Crippen molar-refractivity contribution < 1.29 is 62.3 Å². The largest absolute Gasteiger partial charge is 0.346 e. The van der Waals surface area contributed by atoms with Crippen LogP contribution < -0.4 is 26.6 Å². The minimum atomic E-state index is -0.660. The van der Waals surface area contributed by atoms with E-state index in [1.807, 2.05) is 163 Å². The van der Waals surface area contributed by atoms with Gasteiger partial charge in [0.2, 0.25) is 11.8 Å². The molecule has 21 nitrogen and oxygen atoms in total. The first kappa shape index (κ1) is 119. The van der Waals surface area contributed by atoms with Gasteiger partial charge in [-0.2, -0.15) is 0 Å². The van der Waals surface area contributed by atoms with Gasteiger partial charge in [-0.25, -0.2) is 0 Å². The summed E-state index contributed by atoms with van der Waals surface area (Å²) in [7, 11) is 0. The highest BCUT2D eigenvalue weighted by Crippen LogP contribution is 2.27. The van der Waals surface area contributed by atoms with Crippen LogP contribution in [-0.4, -0.2) is 197 Å². The number of allylic oxidation sites excluding steroid dienone is 1. The van der Waals surface area contributed by atoms with E-state index in [-0.39, 0.29) is 210 Å². The van der Waals surface area contributed by atoms with Crippen molar-refractivity contribution in [3.8, 4) is 0 Å². The number of benzene rings is 1. The Hall–Kier alpha value is -5.97. The van der Waals surface area contributed by atoms with E-state index in [0.717, 1.165) is 61.9 Å². The van der Waals surface area contributed by atoms with Gasteiger partial charge >= 0.3 is 0 Å². The molecule has 1 aromatic carbocycles. The molecule has 0 aliphatic rings. The van der Waals surface area contributed by atoms with Crippen LogP contribution in [0.25, 0.3) is 5.57 Å². The average molecular weight is 1680 g/mol. The van der Waals surface area contributed by atoms with E-state index in [1.54, 1.807) is 37.5 Å². The van der Waals surface area contributed by atoms with Crippen LogP contribution in [0.3, 0.4) is 0 Å². The first-order valence-electron chi connectivity index (χ1n) is 45.5. The molecule has 0 bridgehead atoms. The van der Waals surface area contributed by atoms with E-state index in [4.69, 9.17) is 0 Å². The van der Waals surface area contributed by atoms with Gasteiger partial charge in [-0.15, -0.1) is 0 Å². The number of amides is 2. The Morgan fingerprint density at radius 3 is 1.08 bits per heavy atom. The maximum absolute atomic E-state index is 12.9. The van der Waals surface area contributed by atoms with Crippen LogP contribution in [0.5, 0.6) is 0 Å². The van der Waals surface area contributed by atoms with Gasteiger partial charge in [0.15, 0.2) is 34.7 Å². The Morgan fingerprint density at radius 1 is 0.336 bits per heavy atom. The zero-order chi connectivity index (χ0) is 93.3. The van der Waals surface area contributed by atoms with Gasteiger partial charge in [0, 0.05) is 127 Å². The number of carbonyl (C=O) groups excluding carboxylic acids is 13. The zero-order valence-electron chi connectivity index (χ0n) is 82.2. The highest BCUT2D eigenvalue weighted by Gasteiger charge is 2.33. The molecule has 0 spiro atoms. The lowest BCUT2D eigenvalue weighted by molar-refractivity contribution is -0.139. The van der Waals surface area contributed by atoms with Gasteiger partial charge in [-0.1, -0.05) is 268 Å². The smallest absolute Gasteiger partial charge is 0.225 e. The predicted octanol–water partition coefficient (Wildman–Crippen LogP) is 16.8. The molecule has 5 N–H and O–H groups in total. The normalized spacial score (nSPS) is 12.8. The molecule has 0 saturated carbocycles. The number of unbranched alkanes of at least 4 members (excludes halogenated alkanes) is 1. The minimum absolute atomic E-state index is 0.00654. The molecule has 0 heterocycles. The van der Waals surface area contributed by atoms with E-state index < -0.39 is 6.04 Å². The van der Waals surface area contributed by atoms with Crippen molar-refractivity contribution in [3.05, 3.63) is 41.5 Å². The van der Waals surface area contributed by atoms with E-state index in [2.05, 4.69) is 115 Å². The summed E-state index contributed by atoms with van der Waals surface area (Å²) in [5.41, 5.74) is 4.29. The molecule has 119 heavy (non-hydrogen) atoms. The Labute approximate surface area is 725 Å². The van der Waals surface area contributed by atoms with Gasteiger partial charge in [-0.3, -0.25) is 72.1 Å². The molecule has 0 fully saturated rings. The van der Waals surface area contributed by atoms with Gasteiger partial charge in [0.25, 0.3) is 0 Å². The second kappa shape index (κ2) is 63.9. The van der Waals surface area contributed by atoms with Gasteiger partial charge in [0.05, 0.1) is 56.9 Å². The third-order valence-corrected chi connectivity index (χ3v) is 20.2. The lowest BCUT2D eigenvalue weighted by Gasteiger charge is -2.32. The van der Waals surface area contributed by atoms with Gasteiger partial charge < -0.3 is 31.5 Å². The zero-order valence-corrected chi connectivity index (χ0v) is 82.2. The maximum Gasteiger partial charge on any atom is 0.225 e. The molecule has 0 radical (unpaired) electrons. The number of nitrogens with zero attached hydrogens (tertiary/aromatic N) is 3. The summed E-state index contributed by atoms with van der Waals surface area (Å²) in [4.78, 5) is 165. The van der Waals surface area contributed by atoms with E-state index in [9.17, 15) is 62.3 Å². The SMILES string of the molecule is C=C(c1cc(CC(C)C)cc(C(=O)C(C)C)c1)C(C)C.CC(C)C(=O)CN(CCN(CC(=O)C(C)C)C(=O)C(C)C)CC(=O)C(C)C.CC(C)NC(CCC(=O)NC(CCC(=O)C(C)C)C(=O)C(C)C)C(=O)C(C)C.CC(C)NCCCCC(C(=O)C(C)C)N(CC(=O)C(C)C)CC(=O)C(C)C.CC(C)NCCC[C@H](NC(C)C)C(=O)C(C)C. The van der Waals surface area contributed by atoms with Crippen LogP contribution in [0.15, 0.2) is 24.8 Å². The number of Topliss-reactive ketones (excluding diaryl/α,β-unsaturated/α-hetero) is 11. The van der Waals surface area contributed by atoms with E-state index >= 15 is 0 Å².